The molecular formula is C26H44O2. The van der Waals surface area contributed by atoms with Crippen LogP contribution in [0.5, 0.6) is 0 Å². The van der Waals surface area contributed by atoms with Crippen LogP contribution in [0.1, 0.15) is 116 Å². The lowest BCUT2D eigenvalue weighted by molar-refractivity contribution is -0.147. The number of rotatable bonds is 17. The molecule has 0 aromatic heterocycles. The minimum absolute atomic E-state index is 0.0461. The molecule has 0 N–H and O–H groups in total. The molecule has 2 nitrogen and oxygen atoms in total. The minimum Gasteiger partial charge on any atom is -0.465 e. The Morgan fingerprint density at radius 1 is 0.786 bits per heavy atom. The molecule has 1 aromatic carbocycles. The van der Waals surface area contributed by atoms with Crippen molar-refractivity contribution in [3.8, 4) is 0 Å². The summed E-state index contributed by atoms with van der Waals surface area (Å²) < 4.78 is 5.83. The Hall–Kier alpha value is -1.31. The van der Waals surface area contributed by atoms with E-state index in [1.165, 1.54) is 77.0 Å². The SMILES string of the molecule is CCCCCCCCC(CCCCCC)COC(=O)C(CC)c1ccccc1. The molecule has 0 saturated heterocycles. The van der Waals surface area contributed by atoms with E-state index in [-0.39, 0.29) is 11.9 Å². The van der Waals surface area contributed by atoms with Crippen LogP contribution >= 0.6 is 0 Å². The van der Waals surface area contributed by atoms with Crippen LogP contribution in [0.15, 0.2) is 30.3 Å². The summed E-state index contributed by atoms with van der Waals surface area (Å²) in [6.07, 6.45) is 16.3. The highest BCUT2D eigenvalue weighted by atomic mass is 16.5. The molecule has 0 aliphatic rings. The summed E-state index contributed by atoms with van der Waals surface area (Å²) in [4.78, 5) is 12.7. The van der Waals surface area contributed by atoms with Crippen LogP contribution < -0.4 is 0 Å². The molecule has 0 radical (unpaired) electrons. The number of esters is 1. The van der Waals surface area contributed by atoms with Crippen molar-refractivity contribution in [2.45, 2.75) is 110 Å². The monoisotopic (exact) mass is 388 g/mol. The first-order valence-electron chi connectivity index (χ1n) is 11.9. The Morgan fingerprint density at radius 2 is 1.32 bits per heavy atom. The first kappa shape index (κ1) is 24.7. The highest BCUT2D eigenvalue weighted by Gasteiger charge is 2.21. The van der Waals surface area contributed by atoms with E-state index in [9.17, 15) is 4.79 Å². The van der Waals surface area contributed by atoms with Crippen molar-refractivity contribution in [1.29, 1.82) is 0 Å². The van der Waals surface area contributed by atoms with Gasteiger partial charge in [0.1, 0.15) is 0 Å². The summed E-state index contributed by atoms with van der Waals surface area (Å²) in [6.45, 7) is 7.18. The van der Waals surface area contributed by atoms with Crippen molar-refractivity contribution in [3.05, 3.63) is 35.9 Å². The predicted octanol–water partition coefficient (Wildman–Crippen LogP) is 8.06. The zero-order chi connectivity index (χ0) is 20.5. The van der Waals surface area contributed by atoms with Gasteiger partial charge in [-0.2, -0.15) is 0 Å². The number of benzene rings is 1. The molecule has 160 valence electrons. The molecule has 0 bridgehead atoms. The van der Waals surface area contributed by atoms with Crippen LogP contribution in [0.3, 0.4) is 0 Å². The second-order valence-corrected chi connectivity index (χ2v) is 8.27. The van der Waals surface area contributed by atoms with Crippen LogP contribution in [0.4, 0.5) is 0 Å². The van der Waals surface area contributed by atoms with Gasteiger partial charge in [0, 0.05) is 0 Å². The highest BCUT2D eigenvalue weighted by Crippen LogP contribution is 2.23. The molecule has 0 amide bonds. The molecule has 2 unspecified atom stereocenters. The van der Waals surface area contributed by atoms with Gasteiger partial charge < -0.3 is 4.74 Å². The molecule has 0 aliphatic carbocycles. The van der Waals surface area contributed by atoms with E-state index in [2.05, 4.69) is 20.8 Å². The summed E-state index contributed by atoms with van der Waals surface area (Å²) in [5, 5.41) is 0. The van der Waals surface area contributed by atoms with E-state index in [0.717, 1.165) is 12.0 Å². The first-order valence-corrected chi connectivity index (χ1v) is 11.9. The zero-order valence-electron chi connectivity index (χ0n) is 18.8. The normalized spacial score (nSPS) is 13.2. The van der Waals surface area contributed by atoms with Gasteiger partial charge in [-0.25, -0.2) is 0 Å². The Labute approximate surface area is 174 Å². The fourth-order valence-electron chi connectivity index (χ4n) is 3.91. The first-order chi connectivity index (χ1) is 13.7. The van der Waals surface area contributed by atoms with Crippen LogP contribution in [0, 0.1) is 5.92 Å². The van der Waals surface area contributed by atoms with E-state index in [1.807, 2.05) is 30.3 Å². The number of carbonyl (C=O) groups excluding carboxylic acids is 1. The number of hydrogen-bond donors (Lipinski definition) is 0. The van der Waals surface area contributed by atoms with E-state index >= 15 is 0 Å². The average molecular weight is 389 g/mol. The molecule has 0 saturated carbocycles. The Morgan fingerprint density at radius 3 is 1.89 bits per heavy atom. The van der Waals surface area contributed by atoms with Crippen LogP contribution in [-0.4, -0.2) is 12.6 Å². The molecule has 0 heterocycles. The fourth-order valence-corrected chi connectivity index (χ4v) is 3.91. The predicted molar refractivity (Wildman–Crippen MR) is 121 cm³/mol. The van der Waals surface area contributed by atoms with Crippen LogP contribution in [-0.2, 0) is 9.53 Å². The largest absolute Gasteiger partial charge is 0.465 e. The van der Waals surface area contributed by atoms with Crippen molar-refractivity contribution in [3.63, 3.8) is 0 Å². The lowest BCUT2D eigenvalue weighted by Gasteiger charge is -2.20. The Kier molecular flexibility index (Phi) is 14.7. The molecule has 1 aromatic rings. The van der Waals surface area contributed by atoms with Crippen LogP contribution in [0.2, 0.25) is 0 Å². The maximum absolute atomic E-state index is 12.7. The molecule has 2 atom stereocenters. The zero-order valence-corrected chi connectivity index (χ0v) is 18.8. The second-order valence-electron chi connectivity index (χ2n) is 8.27. The van der Waals surface area contributed by atoms with E-state index in [0.29, 0.717) is 12.5 Å². The molecule has 0 aliphatic heterocycles. The third kappa shape index (κ3) is 10.9. The topological polar surface area (TPSA) is 26.3 Å². The summed E-state index contributed by atoms with van der Waals surface area (Å²) in [5.41, 5.74) is 1.07. The molecule has 0 fully saturated rings. The second kappa shape index (κ2) is 16.6. The molecule has 1 rings (SSSR count). The van der Waals surface area contributed by atoms with Gasteiger partial charge in [0.2, 0.25) is 0 Å². The van der Waals surface area contributed by atoms with Gasteiger partial charge in [-0.15, -0.1) is 0 Å². The van der Waals surface area contributed by atoms with E-state index in [1.54, 1.807) is 0 Å². The number of unbranched alkanes of at least 4 members (excludes halogenated alkanes) is 8. The van der Waals surface area contributed by atoms with Crippen molar-refractivity contribution >= 4 is 5.97 Å². The van der Waals surface area contributed by atoms with Gasteiger partial charge in [-0.05, 0) is 30.7 Å². The number of ether oxygens (including phenoxy) is 1. The summed E-state index contributed by atoms with van der Waals surface area (Å²) in [6, 6.07) is 10.1. The summed E-state index contributed by atoms with van der Waals surface area (Å²) in [7, 11) is 0. The third-order valence-electron chi connectivity index (χ3n) is 5.79. The van der Waals surface area contributed by atoms with Gasteiger partial charge in [0.15, 0.2) is 0 Å². The maximum atomic E-state index is 12.7. The van der Waals surface area contributed by atoms with Crippen molar-refractivity contribution in [2.75, 3.05) is 6.61 Å². The van der Waals surface area contributed by atoms with Gasteiger partial charge >= 0.3 is 5.97 Å². The van der Waals surface area contributed by atoms with E-state index in [4.69, 9.17) is 4.74 Å². The smallest absolute Gasteiger partial charge is 0.313 e. The Balaban J connectivity index is 2.45. The third-order valence-corrected chi connectivity index (χ3v) is 5.79. The summed E-state index contributed by atoms with van der Waals surface area (Å²) in [5.74, 6) is 0.353. The maximum Gasteiger partial charge on any atom is 0.313 e. The highest BCUT2D eigenvalue weighted by molar-refractivity contribution is 5.78. The van der Waals surface area contributed by atoms with Gasteiger partial charge in [0.25, 0.3) is 0 Å². The van der Waals surface area contributed by atoms with Crippen molar-refractivity contribution in [2.24, 2.45) is 5.92 Å². The standard InChI is InChI=1S/C26H44O2/c1-4-7-9-11-12-15-19-23(18-14-10-8-5-2)22-28-26(27)25(6-3)24-20-16-13-17-21-24/h13,16-17,20-21,23,25H,4-12,14-15,18-19,22H2,1-3H3. The molecule has 2 heteroatoms. The fraction of sp³-hybridized carbons (Fsp3) is 0.731. The van der Waals surface area contributed by atoms with Gasteiger partial charge in [-0.3, -0.25) is 4.79 Å². The van der Waals surface area contributed by atoms with E-state index < -0.39 is 0 Å². The van der Waals surface area contributed by atoms with Crippen LogP contribution in [0.25, 0.3) is 0 Å². The van der Waals surface area contributed by atoms with Gasteiger partial charge in [-0.1, -0.05) is 115 Å². The number of carbonyl (C=O) groups is 1. The molecular weight excluding hydrogens is 344 g/mol. The minimum atomic E-state index is -0.129. The Bertz CT molecular complexity index is 482. The molecule has 0 spiro atoms. The van der Waals surface area contributed by atoms with Crippen molar-refractivity contribution < 1.29 is 9.53 Å². The van der Waals surface area contributed by atoms with Gasteiger partial charge in [0.05, 0.1) is 12.5 Å². The quantitative estimate of drug-likeness (QED) is 0.199. The number of hydrogen-bond acceptors (Lipinski definition) is 2. The lowest BCUT2D eigenvalue weighted by Crippen LogP contribution is -2.20. The lowest BCUT2D eigenvalue weighted by atomic mass is 9.94. The summed E-state index contributed by atoms with van der Waals surface area (Å²) >= 11 is 0. The van der Waals surface area contributed by atoms with Crippen molar-refractivity contribution in [1.82, 2.24) is 0 Å². The average Bonchev–Trinajstić information content (AvgIpc) is 2.72. The molecule has 28 heavy (non-hydrogen) atoms.